The van der Waals surface area contributed by atoms with Crippen LogP contribution in [0.3, 0.4) is 0 Å². The average Bonchev–Trinajstić information content (AvgIpc) is 3.69. The Morgan fingerprint density at radius 2 is 0.700 bits per heavy atom. The zero-order valence-corrected chi connectivity index (χ0v) is 45.5. The van der Waals surface area contributed by atoms with Gasteiger partial charge in [0, 0.05) is 6.42 Å². The summed E-state index contributed by atoms with van der Waals surface area (Å²) < 4.78 is 83.3. The lowest BCUT2D eigenvalue weighted by Gasteiger charge is -2.50. The van der Waals surface area contributed by atoms with Gasteiger partial charge in [-0.15, -0.1) is 0 Å². The summed E-state index contributed by atoms with van der Waals surface area (Å²) in [6, 6.07) is 69.8. The predicted molar refractivity (Wildman–Crippen MR) is 300 cm³/mol. The zero-order valence-electron chi connectivity index (χ0n) is 45.5. The summed E-state index contributed by atoms with van der Waals surface area (Å²) in [7, 11) is 0. The molecule has 0 unspecified atom stereocenters. The number of hydrogen-bond acceptors (Lipinski definition) is 13. The number of aliphatic hydroxyl groups is 1. The van der Waals surface area contributed by atoms with Crippen molar-refractivity contribution in [3.63, 3.8) is 0 Å². The Bertz CT molecular complexity index is 2800. The van der Waals surface area contributed by atoms with E-state index in [0.29, 0.717) is 26.2 Å². The van der Waals surface area contributed by atoms with E-state index in [2.05, 4.69) is 12.1 Å². The Balaban J connectivity index is 1.03. The second kappa shape index (κ2) is 29.7. The van der Waals surface area contributed by atoms with Gasteiger partial charge in [0.05, 0.1) is 71.2 Å². The minimum Gasteiger partial charge on any atom is -0.374 e. The van der Waals surface area contributed by atoms with Crippen LogP contribution in [0, 0.1) is 0 Å². The van der Waals surface area contributed by atoms with Crippen LogP contribution in [0.15, 0.2) is 212 Å². The summed E-state index contributed by atoms with van der Waals surface area (Å²) in [5.74, 6) is 0. The highest BCUT2D eigenvalue weighted by molar-refractivity contribution is 5.19. The molecule has 0 spiro atoms. The third kappa shape index (κ3) is 16.1. The first-order chi connectivity index (χ1) is 39.4. The van der Waals surface area contributed by atoms with Crippen LogP contribution < -0.4 is 0 Å². The summed E-state index contributed by atoms with van der Waals surface area (Å²) in [4.78, 5) is 0. The number of aliphatic hydroxyl groups excluding tert-OH is 1. The molecule has 13 nitrogen and oxygen atoms in total. The molecule has 3 aliphatic heterocycles. The van der Waals surface area contributed by atoms with E-state index >= 15 is 0 Å². The molecular formula is C67H74O13. The minimum absolute atomic E-state index is 0.0803. The van der Waals surface area contributed by atoms with E-state index in [1.165, 1.54) is 0 Å². The van der Waals surface area contributed by atoms with Gasteiger partial charge in [0.2, 0.25) is 0 Å². The van der Waals surface area contributed by atoms with Gasteiger partial charge in [-0.05, 0) is 52.8 Å². The van der Waals surface area contributed by atoms with Crippen LogP contribution in [0.2, 0.25) is 0 Å². The average molecular weight is 1090 g/mol. The van der Waals surface area contributed by atoms with Gasteiger partial charge in [-0.25, -0.2) is 0 Å². The zero-order chi connectivity index (χ0) is 54.7. The molecule has 3 fully saturated rings. The van der Waals surface area contributed by atoms with Crippen molar-refractivity contribution in [3.8, 4) is 0 Å². The first-order valence-corrected chi connectivity index (χ1v) is 27.9. The Morgan fingerprint density at radius 3 is 1.15 bits per heavy atom. The van der Waals surface area contributed by atoms with Crippen molar-refractivity contribution in [1.29, 1.82) is 0 Å². The van der Waals surface area contributed by atoms with Crippen molar-refractivity contribution < 1.29 is 61.9 Å². The molecule has 0 amide bonds. The van der Waals surface area contributed by atoms with Gasteiger partial charge in [-0.3, -0.25) is 0 Å². The highest BCUT2D eigenvalue weighted by Crippen LogP contribution is 2.38. The fraction of sp³-hybridized carbons (Fsp3) is 0.373. The first kappa shape index (κ1) is 57.3. The molecule has 7 aromatic rings. The Morgan fingerprint density at radius 1 is 0.338 bits per heavy atom. The predicted octanol–water partition coefficient (Wildman–Crippen LogP) is 11.1. The van der Waals surface area contributed by atoms with Gasteiger partial charge < -0.3 is 61.9 Å². The SMILES string of the molecule is C[C@@H]1O[C@@H](O)[C@H](OCc2ccccc2)[C@H](OCc2ccccc2)[C@H]1O[C@H]1O[C@H](COCc2ccccc2)[C@@H](OCc2ccccc2)[C@H](O[C@H]2O[C@H](C)[C@@H](OCc3ccccc3)C[C@@H]2OCc2ccccc2)[C@@H]1OCc1ccccc1. The van der Waals surface area contributed by atoms with Crippen molar-refractivity contribution >= 4 is 0 Å². The molecule has 80 heavy (non-hydrogen) atoms. The van der Waals surface area contributed by atoms with Crippen LogP contribution in [0.25, 0.3) is 0 Å². The van der Waals surface area contributed by atoms with Crippen LogP contribution >= 0.6 is 0 Å². The molecule has 0 radical (unpaired) electrons. The molecule has 0 aliphatic carbocycles. The third-order valence-corrected chi connectivity index (χ3v) is 14.7. The van der Waals surface area contributed by atoms with Crippen LogP contribution in [0.4, 0.5) is 0 Å². The summed E-state index contributed by atoms with van der Waals surface area (Å²) in [5, 5.41) is 11.8. The summed E-state index contributed by atoms with van der Waals surface area (Å²) in [5.41, 5.74) is 6.77. The highest BCUT2D eigenvalue weighted by Gasteiger charge is 2.55. The molecule has 1 N–H and O–H groups in total. The van der Waals surface area contributed by atoms with E-state index in [4.69, 9.17) is 56.8 Å². The molecule has 3 aliphatic rings. The smallest absolute Gasteiger partial charge is 0.187 e. The van der Waals surface area contributed by atoms with Crippen LogP contribution in [-0.2, 0) is 103 Å². The van der Waals surface area contributed by atoms with Gasteiger partial charge in [-0.2, -0.15) is 0 Å². The van der Waals surface area contributed by atoms with Crippen LogP contribution in [-0.4, -0.2) is 97.7 Å². The molecule has 0 bridgehead atoms. The Kier molecular flexibility index (Phi) is 21.2. The second-order valence-electron chi connectivity index (χ2n) is 20.6. The molecule has 0 saturated carbocycles. The summed E-state index contributed by atoms with van der Waals surface area (Å²) in [6.07, 6.45) is -11.4. The number of ether oxygens (including phenoxy) is 12. The lowest BCUT2D eigenvalue weighted by Crippen LogP contribution is -2.66. The van der Waals surface area contributed by atoms with Crippen molar-refractivity contribution in [3.05, 3.63) is 251 Å². The molecular weight excluding hydrogens is 1010 g/mol. The van der Waals surface area contributed by atoms with E-state index in [1.807, 2.05) is 214 Å². The first-order valence-electron chi connectivity index (χ1n) is 27.9. The van der Waals surface area contributed by atoms with Crippen LogP contribution in [0.1, 0.15) is 59.2 Å². The number of benzene rings is 7. The fourth-order valence-electron chi connectivity index (χ4n) is 10.4. The maximum absolute atomic E-state index is 11.8. The lowest BCUT2D eigenvalue weighted by molar-refractivity contribution is -0.386. The Labute approximate surface area is 470 Å². The summed E-state index contributed by atoms with van der Waals surface area (Å²) >= 11 is 0. The van der Waals surface area contributed by atoms with E-state index in [-0.39, 0.29) is 39.1 Å². The van der Waals surface area contributed by atoms with Gasteiger partial charge in [-0.1, -0.05) is 212 Å². The quantitative estimate of drug-likeness (QED) is 0.0553. The normalized spacial score (nSPS) is 27.8. The monoisotopic (exact) mass is 1090 g/mol. The molecule has 0 aromatic heterocycles. The Hall–Kier alpha value is -5.98. The summed E-state index contributed by atoms with van der Waals surface area (Å²) in [6.45, 7) is 5.71. The maximum atomic E-state index is 11.8. The third-order valence-electron chi connectivity index (χ3n) is 14.7. The van der Waals surface area contributed by atoms with Gasteiger partial charge in [0.1, 0.15) is 48.8 Å². The highest BCUT2D eigenvalue weighted by atomic mass is 16.8. The standard InChI is InChI=1S/C67H74O13/c1-47-56(70-40-50-26-12-4-13-27-50)38-57(71-41-51-28-14-5-15-29-51)66(77-47)80-62-60(72-42-52-30-16-6-17-31-52)58(46-69-39-49-24-10-3-11-25-49)78-67(64(62)75-45-55-36-22-9-23-37-55)79-59-48(2)76-65(68)63(74-44-54-34-20-8-21-35-54)61(59)73-43-53-32-18-7-19-33-53/h3-37,47-48,56-68H,38-46H2,1-2H3/t47-,48+,56+,57+,58-,59+,60-,61-,62+,63-,64+,65-,66-,67-/m1/s1. The molecule has 3 heterocycles. The van der Waals surface area contributed by atoms with Gasteiger partial charge >= 0.3 is 0 Å². The van der Waals surface area contributed by atoms with E-state index in [9.17, 15) is 5.11 Å². The van der Waals surface area contributed by atoms with Crippen molar-refractivity contribution in [2.24, 2.45) is 0 Å². The van der Waals surface area contributed by atoms with E-state index in [0.717, 1.165) is 38.9 Å². The number of hydrogen-bond donors (Lipinski definition) is 1. The minimum atomic E-state index is -1.35. The van der Waals surface area contributed by atoms with E-state index < -0.39 is 79.9 Å². The van der Waals surface area contributed by atoms with Crippen molar-refractivity contribution in [2.75, 3.05) is 6.61 Å². The second-order valence-corrected chi connectivity index (χ2v) is 20.6. The largest absolute Gasteiger partial charge is 0.374 e. The van der Waals surface area contributed by atoms with Gasteiger partial charge in [0.15, 0.2) is 18.9 Å². The van der Waals surface area contributed by atoms with Crippen LogP contribution in [0.5, 0.6) is 0 Å². The molecule has 420 valence electrons. The molecule has 14 atom stereocenters. The molecule has 13 heteroatoms. The van der Waals surface area contributed by atoms with Gasteiger partial charge in [0.25, 0.3) is 0 Å². The lowest BCUT2D eigenvalue weighted by atomic mass is 9.95. The van der Waals surface area contributed by atoms with E-state index in [1.54, 1.807) is 0 Å². The molecule has 7 aromatic carbocycles. The molecule has 3 saturated heterocycles. The molecule has 10 rings (SSSR count). The number of rotatable bonds is 26. The fourth-order valence-corrected chi connectivity index (χ4v) is 10.4. The van der Waals surface area contributed by atoms with Crippen molar-refractivity contribution in [1.82, 2.24) is 0 Å². The van der Waals surface area contributed by atoms with Crippen molar-refractivity contribution in [2.45, 2.75) is 153 Å². The topological polar surface area (TPSA) is 131 Å². The maximum Gasteiger partial charge on any atom is 0.187 e.